The minimum atomic E-state index is -0.476. The predicted octanol–water partition coefficient (Wildman–Crippen LogP) is 5.28. The van der Waals surface area contributed by atoms with Crippen molar-refractivity contribution in [3.8, 4) is 5.75 Å². The van der Waals surface area contributed by atoms with E-state index in [1.807, 2.05) is 42.5 Å². The van der Waals surface area contributed by atoms with Crippen molar-refractivity contribution in [1.29, 1.82) is 0 Å². The van der Waals surface area contributed by atoms with Gasteiger partial charge in [-0.25, -0.2) is 9.79 Å². The molecule has 0 aliphatic heterocycles. The van der Waals surface area contributed by atoms with E-state index in [2.05, 4.69) is 4.99 Å². The van der Waals surface area contributed by atoms with Crippen LogP contribution in [0.2, 0.25) is 5.02 Å². The maximum Gasteiger partial charge on any atom is 0.341 e. The van der Waals surface area contributed by atoms with Crippen molar-refractivity contribution in [2.75, 3.05) is 7.11 Å². The number of carbonyl (C=O) groups is 1. The maximum absolute atomic E-state index is 12.0. The molecule has 0 aromatic heterocycles. The van der Waals surface area contributed by atoms with Crippen molar-refractivity contribution in [1.82, 2.24) is 0 Å². The van der Waals surface area contributed by atoms with E-state index in [4.69, 9.17) is 21.1 Å². The molecule has 0 heterocycles. The number of hydrogen-bond donors (Lipinski definition) is 0. The first-order chi connectivity index (χ1) is 12.7. The van der Waals surface area contributed by atoms with E-state index in [9.17, 15) is 4.79 Å². The van der Waals surface area contributed by atoms with Crippen molar-refractivity contribution in [3.63, 3.8) is 0 Å². The van der Waals surface area contributed by atoms with Gasteiger partial charge in [0.15, 0.2) is 0 Å². The van der Waals surface area contributed by atoms with Crippen LogP contribution in [0.5, 0.6) is 5.75 Å². The highest BCUT2D eigenvalue weighted by Gasteiger charge is 2.15. The number of benzene rings is 3. The molecular weight excluding hydrogens is 350 g/mol. The molecule has 5 heteroatoms. The normalized spacial score (nSPS) is 11.1. The lowest BCUT2D eigenvalue weighted by atomic mass is 10.2. The number of rotatable bonds is 4. The Bertz CT molecular complexity index is 939. The van der Waals surface area contributed by atoms with Crippen molar-refractivity contribution in [2.45, 2.75) is 0 Å². The molecule has 0 bridgehead atoms. The fraction of sp³-hybridized carbons (Fsp3) is 0.0476. The average Bonchev–Trinajstić information content (AvgIpc) is 2.68. The number of nitrogens with zero attached hydrogens (tertiary/aromatic N) is 1. The van der Waals surface area contributed by atoms with Gasteiger partial charge in [0.1, 0.15) is 11.3 Å². The van der Waals surface area contributed by atoms with Crippen LogP contribution in [-0.2, 0) is 4.74 Å². The molecule has 0 spiro atoms. The van der Waals surface area contributed by atoms with E-state index >= 15 is 0 Å². The second-order valence-corrected chi connectivity index (χ2v) is 5.79. The minimum absolute atomic E-state index is 0.324. The van der Waals surface area contributed by atoms with Gasteiger partial charge in [-0.1, -0.05) is 48.0 Å². The van der Waals surface area contributed by atoms with E-state index in [0.29, 0.717) is 27.9 Å². The summed E-state index contributed by atoms with van der Waals surface area (Å²) in [4.78, 5) is 16.6. The number of ether oxygens (including phenoxy) is 2. The van der Waals surface area contributed by atoms with Crippen LogP contribution in [0.15, 0.2) is 83.9 Å². The first kappa shape index (κ1) is 17.7. The standard InChI is InChI=1S/C21H16ClNO3/c1-25-21(24)18-12-5-6-13-19(18)26-20(15-8-3-2-4-9-15)23-17-11-7-10-16(22)14-17/h2-14H,1H3. The molecule has 26 heavy (non-hydrogen) atoms. The molecule has 0 saturated carbocycles. The summed E-state index contributed by atoms with van der Waals surface area (Å²) in [5.41, 5.74) is 1.74. The van der Waals surface area contributed by atoms with Crippen molar-refractivity contribution in [3.05, 3.63) is 95.0 Å². The largest absolute Gasteiger partial charge is 0.465 e. The Morgan fingerprint density at radius 2 is 1.65 bits per heavy atom. The molecule has 0 radical (unpaired) electrons. The predicted molar refractivity (Wildman–Crippen MR) is 103 cm³/mol. The molecule has 3 aromatic carbocycles. The van der Waals surface area contributed by atoms with Crippen LogP contribution >= 0.6 is 11.6 Å². The van der Waals surface area contributed by atoms with Gasteiger partial charge in [-0.05, 0) is 42.5 Å². The topological polar surface area (TPSA) is 47.9 Å². The number of para-hydroxylation sites is 1. The lowest BCUT2D eigenvalue weighted by Gasteiger charge is -2.12. The van der Waals surface area contributed by atoms with Crippen LogP contribution in [0.3, 0.4) is 0 Å². The summed E-state index contributed by atoms with van der Waals surface area (Å²) < 4.78 is 10.8. The Morgan fingerprint density at radius 1 is 0.923 bits per heavy atom. The zero-order chi connectivity index (χ0) is 18.4. The fourth-order valence-corrected chi connectivity index (χ4v) is 2.51. The minimum Gasteiger partial charge on any atom is -0.465 e. The molecule has 130 valence electrons. The SMILES string of the molecule is COC(=O)c1ccccc1OC(=Nc1cccc(Cl)c1)c1ccccc1. The van der Waals surface area contributed by atoms with E-state index < -0.39 is 5.97 Å². The zero-order valence-electron chi connectivity index (χ0n) is 14.1. The molecule has 3 aromatic rings. The number of hydrogen-bond acceptors (Lipinski definition) is 4. The van der Waals surface area contributed by atoms with E-state index in [0.717, 1.165) is 5.56 Å². The third kappa shape index (κ3) is 4.29. The lowest BCUT2D eigenvalue weighted by Crippen LogP contribution is -2.13. The number of carbonyl (C=O) groups excluding carboxylic acids is 1. The fourth-order valence-electron chi connectivity index (χ4n) is 2.33. The summed E-state index contributed by atoms with van der Waals surface area (Å²) in [5.74, 6) is 0.240. The Balaban J connectivity index is 2.05. The van der Waals surface area contributed by atoms with Crippen LogP contribution in [-0.4, -0.2) is 19.0 Å². The van der Waals surface area contributed by atoms with Gasteiger partial charge >= 0.3 is 5.97 Å². The Hall–Kier alpha value is -3.11. The summed E-state index contributed by atoms with van der Waals surface area (Å²) in [7, 11) is 1.33. The van der Waals surface area contributed by atoms with Gasteiger partial charge < -0.3 is 9.47 Å². The van der Waals surface area contributed by atoms with E-state index in [1.54, 1.807) is 36.4 Å². The van der Waals surface area contributed by atoms with Gasteiger partial charge in [-0.2, -0.15) is 0 Å². The summed E-state index contributed by atoms with van der Waals surface area (Å²) in [6, 6.07) is 23.5. The van der Waals surface area contributed by atoms with Crippen molar-refractivity contribution < 1.29 is 14.3 Å². The molecule has 0 aliphatic carbocycles. The Kier molecular flexibility index (Phi) is 5.66. The smallest absolute Gasteiger partial charge is 0.341 e. The van der Waals surface area contributed by atoms with Crippen LogP contribution in [0.1, 0.15) is 15.9 Å². The summed E-state index contributed by atoms with van der Waals surface area (Å²) >= 11 is 6.05. The lowest BCUT2D eigenvalue weighted by molar-refractivity contribution is 0.0598. The number of esters is 1. The first-order valence-electron chi connectivity index (χ1n) is 7.92. The summed E-state index contributed by atoms with van der Waals surface area (Å²) in [5, 5.41) is 0.577. The van der Waals surface area contributed by atoms with Gasteiger partial charge in [0, 0.05) is 10.6 Å². The van der Waals surface area contributed by atoms with Gasteiger partial charge in [-0.3, -0.25) is 0 Å². The second-order valence-electron chi connectivity index (χ2n) is 5.35. The second kappa shape index (κ2) is 8.32. The average molecular weight is 366 g/mol. The highest BCUT2D eigenvalue weighted by atomic mass is 35.5. The van der Waals surface area contributed by atoms with Gasteiger partial charge in [-0.15, -0.1) is 0 Å². The summed E-state index contributed by atoms with van der Waals surface area (Å²) in [6.07, 6.45) is 0. The highest BCUT2D eigenvalue weighted by Crippen LogP contribution is 2.23. The Labute approximate surface area is 156 Å². The van der Waals surface area contributed by atoms with E-state index in [1.165, 1.54) is 7.11 Å². The highest BCUT2D eigenvalue weighted by molar-refractivity contribution is 6.30. The number of methoxy groups -OCH3 is 1. The molecule has 4 nitrogen and oxygen atoms in total. The molecule has 0 atom stereocenters. The molecule has 0 N–H and O–H groups in total. The molecule has 0 fully saturated rings. The van der Waals surface area contributed by atoms with Gasteiger partial charge in [0.2, 0.25) is 5.90 Å². The van der Waals surface area contributed by atoms with Crippen LogP contribution in [0.25, 0.3) is 0 Å². The monoisotopic (exact) mass is 365 g/mol. The van der Waals surface area contributed by atoms with Crippen molar-refractivity contribution in [2.24, 2.45) is 4.99 Å². The van der Waals surface area contributed by atoms with Gasteiger partial charge in [0.25, 0.3) is 0 Å². The van der Waals surface area contributed by atoms with E-state index in [-0.39, 0.29) is 0 Å². The Morgan fingerprint density at radius 3 is 2.38 bits per heavy atom. The molecule has 0 aliphatic rings. The molecule has 0 saturated heterocycles. The third-order valence-corrected chi connectivity index (χ3v) is 3.79. The molecule has 0 unspecified atom stereocenters. The maximum atomic E-state index is 12.0. The molecular formula is C21H16ClNO3. The molecule has 0 amide bonds. The zero-order valence-corrected chi connectivity index (χ0v) is 14.8. The van der Waals surface area contributed by atoms with Crippen molar-refractivity contribution >= 4 is 29.2 Å². The number of aliphatic imine (C=N–C) groups is 1. The molecule has 3 rings (SSSR count). The van der Waals surface area contributed by atoms with Crippen LogP contribution < -0.4 is 4.74 Å². The first-order valence-corrected chi connectivity index (χ1v) is 8.30. The summed E-state index contributed by atoms with van der Waals surface area (Å²) in [6.45, 7) is 0. The third-order valence-electron chi connectivity index (χ3n) is 3.56. The van der Waals surface area contributed by atoms with Gasteiger partial charge in [0.05, 0.1) is 12.8 Å². The van der Waals surface area contributed by atoms with Crippen LogP contribution in [0.4, 0.5) is 5.69 Å². The van der Waals surface area contributed by atoms with Crippen LogP contribution in [0, 0.1) is 0 Å². The number of halogens is 1. The quantitative estimate of drug-likeness (QED) is 0.359.